The zero-order valence-electron chi connectivity index (χ0n) is 8.31. The summed E-state index contributed by atoms with van der Waals surface area (Å²) in [6, 6.07) is 1.58. The Bertz CT molecular complexity index is 531. The molecule has 9 heteroatoms. The second-order valence-corrected chi connectivity index (χ2v) is 4.28. The molecule has 0 fully saturated rings. The molecule has 0 aliphatic heterocycles. The molecular formula is C8H6BrClN6O. The Morgan fingerprint density at radius 1 is 1.59 bits per heavy atom. The highest BCUT2D eigenvalue weighted by molar-refractivity contribution is 9.10. The first kappa shape index (κ1) is 11.9. The van der Waals surface area contributed by atoms with Gasteiger partial charge in [-0.2, -0.15) is 5.21 Å². The van der Waals surface area contributed by atoms with Gasteiger partial charge in [0.25, 0.3) is 5.91 Å². The number of halogens is 2. The van der Waals surface area contributed by atoms with Crippen molar-refractivity contribution in [3.05, 3.63) is 33.3 Å². The predicted molar refractivity (Wildman–Crippen MR) is 62.3 cm³/mol. The van der Waals surface area contributed by atoms with Crippen LogP contribution in [0.3, 0.4) is 0 Å². The van der Waals surface area contributed by atoms with Crippen LogP contribution < -0.4 is 5.32 Å². The van der Waals surface area contributed by atoms with Crippen LogP contribution in [0.15, 0.2) is 16.7 Å². The van der Waals surface area contributed by atoms with Crippen molar-refractivity contribution in [3.63, 3.8) is 0 Å². The zero-order chi connectivity index (χ0) is 12.3. The maximum absolute atomic E-state index is 11.8. The fourth-order valence-electron chi connectivity index (χ4n) is 1.09. The van der Waals surface area contributed by atoms with E-state index in [0.717, 1.165) is 0 Å². The average Bonchev–Trinajstić information content (AvgIpc) is 2.82. The van der Waals surface area contributed by atoms with Gasteiger partial charge in [0.15, 0.2) is 5.82 Å². The molecule has 2 heterocycles. The molecule has 1 amide bonds. The molecule has 2 N–H and O–H groups in total. The summed E-state index contributed by atoms with van der Waals surface area (Å²) in [6.07, 6.45) is 1.51. The van der Waals surface area contributed by atoms with E-state index in [1.54, 1.807) is 6.07 Å². The largest absolute Gasteiger partial charge is 0.344 e. The predicted octanol–water partition coefficient (Wildman–Crippen LogP) is 0.941. The molecular weight excluding hydrogens is 311 g/mol. The molecule has 17 heavy (non-hydrogen) atoms. The molecule has 7 nitrogen and oxygen atoms in total. The molecule has 0 atom stereocenters. The lowest BCUT2D eigenvalue weighted by Crippen LogP contribution is -2.24. The Hall–Kier alpha value is -1.54. The molecule has 0 unspecified atom stereocenters. The fourth-order valence-corrected chi connectivity index (χ4v) is 1.61. The Balaban J connectivity index is 2.07. The first-order chi connectivity index (χ1) is 8.16. The third kappa shape index (κ3) is 2.98. The number of carbonyl (C=O) groups excluding carboxylic acids is 1. The zero-order valence-corrected chi connectivity index (χ0v) is 10.7. The van der Waals surface area contributed by atoms with E-state index in [4.69, 9.17) is 11.6 Å². The standard InChI is InChI=1S/C8H6BrClN6O/c9-4-1-5(7(10)11-2-4)8(17)12-3-6-13-15-16-14-6/h1-2H,3H2,(H,12,17)(H,13,14,15,16). The number of rotatable bonds is 3. The van der Waals surface area contributed by atoms with Crippen molar-refractivity contribution in [2.75, 3.05) is 0 Å². The summed E-state index contributed by atoms with van der Waals surface area (Å²) in [5.41, 5.74) is 0.282. The monoisotopic (exact) mass is 316 g/mol. The van der Waals surface area contributed by atoms with Crippen molar-refractivity contribution in [1.29, 1.82) is 0 Å². The lowest BCUT2D eigenvalue weighted by Gasteiger charge is -2.04. The Morgan fingerprint density at radius 2 is 2.41 bits per heavy atom. The van der Waals surface area contributed by atoms with Crippen molar-refractivity contribution in [2.45, 2.75) is 6.54 Å². The van der Waals surface area contributed by atoms with Gasteiger partial charge < -0.3 is 5.32 Å². The van der Waals surface area contributed by atoms with Crippen LogP contribution in [-0.4, -0.2) is 31.5 Å². The van der Waals surface area contributed by atoms with Gasteiger partial charge in [0.1, 0.15) is 5.15 Å². The lowest BCUT2D eigenvalue weighted by molar-refractivity contribution is 0.0949. The van der Waals surface area contributed by atoms with Crippen LogP contribution in [0, 0.1) is 0 Å². The molecule has 0 aliphatic rings. The highest BCUT2D eigenvalue weighted by Crippen LogP contribution is 2.17. The van der Waals surface area contributed by atoms with Crippen LogP contribution in [-0.2, 0) is 6.54 Å². The van der Waals surface area contributed by atoms with Gasteiger partial charge in [0, 0.05) is 10.7 Å². The third-order valence-corrected chi connectivity index (χ3v) is 2.58. The van der Waals surface area contributed by atoms with Gasteiger partial charge in [-0.25, -0.2) is 4.98 Å². The van der Waals surface area contributed by atoms with Gasteiger partial charge in [0.05, 0.1) is 12.1 Å². The minimum atomic E-state index is -0.353. The molecule has 2 aromatic rings. The SMILES string of the molecule is O=C(NCc1nn[nH]n1)c1cc(Br)cnc1Cl. The summed E-state index contributed by atoms with van der Waals surface area (Å²) in [5, 5.41) is 15.8. The van der Waals surface area contributed by atoms with Crippen molar-refractivity contribution >= 4 is 33.4 Å². The number of hydrogen-bond donors (Lipinski definition) is 2. The van der Waals surface area contributed by atoms with E-state index in [2.05, 4.69) is 46.9 Å². The molecule has 0 saturated carbocycles. The van der Waals surface area contributed by atoms with E-state index >= 15 is 0 Å². The molecule has 0 aliphatic carbocycles. The second kappa shape index (κ2) is 5.19. The molecule has 0 radical (unpaired) electrons. The van der Waals surface area contributed by atoms with Gasteiger partial charge in [-0.3, -0.25) is 4.79 Å². The van der Waals surface area contributed by atoms with Crippen molar-refractivity contribution in [3.8, 4) is 0 Å². The van der Waals surface area contributed by atoms with E-state index in [9.17, 15) is 4.79 Å². The number of pyridine rings is 1. The molecule has 2 rings (SSSR count). The van der Waals surface area contributed by atoms with E-state index in [1.165, 1.54) is 6.20 Å². The van der Waals surface area contributed by atoms with Crippen LogP contribution in [0.4, 0.5) is 0 Å². The molecule has 0 spiro atoms. The van der Waals surface area contributed by atoms with Crippen LogP contribution in [0.1, 0.15) is 16.2 Å². The number of amides is 1. The molecule has 88 valence electrons. The number of carbonyl (C=O) groups is 1. The second-order valence-electron chi connectivity index (χ2n) is 3.00. The van der Waals surface area contributed by atoms with E-state index in [0.29, 0.717) is 10.3 Å². The quantitative estimate of drug-likeness (QED) is 0.821. The third-order valence-electron chi connectivity index (χ3n) is 1.85. The maximum Gasteiger partial charge on any atom is 0.254 e. The van der Waals surface area contributed by atoms with Crippen molar-refractivity contribution < 1.29 is 4.79 Å². The number of tetrazole rings is 1. The van der Waals surface area contributed by atoms with Crippen molar-refractivity contribution in [2.24, 2.45) is 0 Å². The number of nitrogens with zero attached hydrogens (tertiary/aromatic N) is 4. The Kier molecular flexibility index (Phi) is 3.64. The maximum atomic E-state index is 11.8. The molecule has 0 saturated heterocycles. The van der Waals surface area contributed by atoms with Crippen LogP contribution in [0.25, 0.3) is 0 Å². The Labute approximate surface area is 109 Å². The summed E-state index contributed by atoms with van der Waals surface area (Å²) in [4.78, 5) is 15.6. The number of nitrogens with one attached hydrogen (secondary N) is 2. The highest BCUT2D eigenvalue weighted by atomic mass is 79.9. The first-order valence-corrected chi connectivity index (χ1v) is 5.65. The summed E-state index contributed by atoms with van der Waals surface area (Å²) in [5.74, 6) is 0.0334. The Morgan fingerprint density at radius 3 is 3.12 bits per heavy atom. The van der Waals surface area contributed by atoms with Gasteiger partial charge in [-0.05, 0) is 22.0 Å². The van der Waals surface area contributed by atoms with Crippen LogP contribution in [0.2, 0.25) is 5.15 Å². The topological polar surface area (TPSA) is 96.5 Å². The van der Waals surface area contributed by atoms with Gasteiger partial charge >= 0.3 is 0 Å². The van der Waals surface area contributed by atoms with Gasteiger partial charge in [-0.1, -0.05) is 16.8 Å². The smallest absolute Gasteiger partial charge is 0.254 e. The number of aromatic amines is 1. The van der Waals surface area contributed by atoms with E-state index in [-0.39, 0.29) is 23.2 Å². The lowest BCUT2D eigenvalue weighted by atomic mass is 10.2. The molecule has 0 bridgehead atoms. The van der Waals surface area contributed by atoms with Crippen LogP contribution in [0.5, 0.6) is 0 Å². The minimum Gasteiger partial charge on any atom is -0.344 e. The molecule has 2 aromatic heterocycles. The first-order valence-electron chi connectivity index (χ1n) is 4.48. The minimum absolute atomic E-state index is 0.138. The average molecular weight is 318 g/mol. The summed E-state index contributed by atoms with van der Waals surface area (Å²) in [7, 11) is 0. The summed E-state index contributed by atoms with van der Waals surface area (Å²) < 4.78 is 0.673. The van der Waals surface area contributed by atoms with E-state index < -0.39 is 0 Å². The molecule has 0 aromatic carbocycles. The van der Waals surface area contributed by atoms with Gasteiger partial charge in [0.2, 0.25) is 0 Å². The van der Waals surface area contributed by atoms with Crippen LogP contribution >= 0.6 is 27.5 Å². The van der Waals surface area contributed by atoms with E-state index in [1.807, 2.05) is 0 Å². The number of aromatic nitrogens is 5. The van der Waals surface area contributed by atoms with Gasteiger partial charge in [-0.15, -0.1) is 10.2 Å². The summed E-state index contributed by atoms with van der Waals surface area (Å²) in [6.45, 7) is 0.165. The normalized spacial score (nSPS) is 10.2. The summed E-state index contributed by atoms with van der Waals surface area (Å²) >= 11 is 9.02. The fraction of sp³-hybridized carbons (Fsp3) is 0.125. The highest BCUT2D eigenvalue weighted by Gasteiger charge is 2.12. The number of H-pyrrole nitrogens is 1. The number of hydrogen-bond acceptors (Lipinski definition) is 5. The van der Waals surface area contributed by atoms with Crippen molar-refractivity contribution in [1.82, 2.24) is 30.9 Å².